The molecule has 8 heteroatoms. The molecule has 94 valence electrons. The highest BCUT2D eigenvalue weighted by Crippen LogP contribution is 1.90. The van der Waals surface area contributed by atoms with E-state index in [2.05, 4.69) is 30.1 Å². The van der Waals surface area contributed by atoms with Crippen LogP contribution in [0, 0.1) is 0 Å². The van der Waals surface area contributed by atoms with E-state index in [-0.39, 0.29) is 5.33 Å². The van der Waals surface area contributed by atoms with Crippen molar-refractivity contribution >= 4 is 39.8 Å². The minimum absolute atomic E-state index is 0.144. The third-order valence-electron chi connectivity index (χ3n) is 1.23. The number of carbonyl (C=O) groups excluding carboxylic acids is 4. The second-order valence-corrected chi connectivity index (χ2v) is 3.00. The van der Waals surface area contributed by atoms with Gasteiger partial charge in [-0.05, 0) is 0 Å². The van der Waals surface area contributed by atoms with Gasteiger partial charge in [-0.25, -0.2) is 14.4 Å². The summed E-state index contributed by atoms with van der Waals surface area (Å²) in [5.41, 5.74) is 0. The normalized spacial score (nSPS) is 9.76. The third kappa shape index (κ3) is 8.14. The fourth-order valence-electron chi connectivity index (χ4n) is 0.566. The molecule has 0 radical (unpaired) electrons. The second-order valence-electron chi connectivity index (χ2n) is 2.44. The molecule has 0 saturated carbocycles. The zero-order chi connectivity index (χ0) is 13.3. The predicted octanol–water partition coefficient (Wildman–Crippen LogP) is -0.277. The van der Waals surface area contributed by atoms with Crippen LogP contribution in [-0.4, -0.2) is 42.9 Å². The van der Waals surface area contributed by atoms with Crippen molar-refractivity contribution in [2.45, 2.75) is 0 Å². The SMILES string of the molecule is COC(=O)C=CC(=O)OCC(=O)OC(=O)CBr. The van der Waals surface area contributed by atoms with E-state index < -0.39 is 30.5 Å². The van der Waals surface area contributed by atoms with E-state index in [9.17, 15) is 19.2 Å². The first kappa shape index (κ1) is 15.3. The van der Waals surface area contributed by atoms with Crippen LogP contribution in [0.25, 0.3) is 0 Å². The standard InChI is InChI=1S/C9H9BrO7/c1-15-6(11)2-3-7(12)16-5-9(14)17-8(13)4-10/h2-3H,4-5H2,1H3. The van der Waals surface area contributed by atoms with Gasteiger partial charge in [-0.15, -0.1) is 0 Å². The van der Waals surface area contributed by atoms with Crippen molar-refractivity contribution in [2.75, 3.05) is 19.0 Å². The molecule has 0 aliphatic heterocycles. The van der Waals surface area contributed by atoms with E-state index in [1.807, 2.05) is 0 Å². The first-order valence-corrected chi connectivity index (χ1v) is 5.34. The lowest BCUT2D eigenvalue weighted by Crippen LogP contribution is -2.19. The van der Waals surface area contributed by atoms with Gasteiger partial charge in [0.2, 0.25) is 0 Å². The molecule has 17 heavy (non-hydrogen) atoms. The minimum Gasteiger partial charge on any atom is -0.466 e. The average Bonchev–Trinajstić information content (AvgIpc) is 2.32. The number of hydrogen-bond donors (Lipinski definition) is 0. The molecule has 0 heterocycles. The summed E-state index contributed by atoms with van der Waals surface area (Å²) in [6, 6.07) is 0. The Hall–Kier alpha value is -1.70. The quantitative estimate of drug-likeness (QED) is 0.227. The van der Waals surface area contributed by atoms with Crippen LogP contribution in [0.5, 0.6) is 0 Å². The minimum atomic E-state index is -1.01. The summed E-state index contributed by atoms with van der Waals surface area (Å²) in [6.07, 6.45) is 1.61. The highest BCUT2D eigenvalue weighted by molar-refractivity contribution is 9.09. The van der Waals surface area contributed by atoms with Crippen molar-refractivity contribution in [3.63, 3.8) is 0 Å². The lowest BCUT2D eigenvalue weighted by atomic mass is 10.5. The second kappa shape index (κ2) is 8.45. The van der Waals surface area contributed by atoms with Crippen LogP contribution in [0.3, 0.4) is 0 Å². The van der Waals surface area contributed by atoms with Crippen LogP contribution in [0.4, 0.5) is 0 Å². The maximum Gasteiger partial charge on any atom is 0.351 e. The molecule has 0 spiro atoms. The fourth-order valence-corrected chi connectivity index (χ4v) is 0.680. The number of ether oxygens (including phenoxy) is 3. The summed E-state index contributed by atoms with van der Waals surface area (Å²) < 4.78 is 12.8. The molecule has 0 aliphatic rings. The molecular weight excluding hydrogens is 300 g/mol. The van der Waals surface area contributed by atoms with Gasteiger partial charge < -0.3 is 14.2 Å². The van der Waals surface area contributed by atoms with E-state index in [1.54, 1.807) is 0 Å². The number of esters is 4. The van der Waals surface area contributed by atoms with Gasteiger partial charge >= 0.3 is 23.9 Å². The summed E-state index contributed by atoms with van der Waals surface area (Å²) in [5.74, 6) is -3.47. The molecule has 0 unspecified atom stereocenters. The van der Waals surface area contributed by atoms with Gasteiger partial charge in [0.25, 0.3) is 0 Å². The predicted molar refractivity (Wildman–Crippen MR) is 57.0 cm³/mol. The van der Waals surface area contributed by atoms with Crippen LogP contribution in [0.1, 0.15) is 0 Å². The van der Waals surface area contributed by atoms with E-state index in [1.165, 1.54) is 0 Å². The molecule has 0 rings (SSSR count). The maximum atomic E-state index is 10.9. The molecule has 0 aliphatic carbocycles. The van der Waals surface area contributed by atoms with Crippen molar-refractivity contribution in [1.82, 2.24) is 0 Å². The summed E-state index contributed by atoms with van der Waals surface area (Å²) in [6.45, 7) is -0.719. The van der Waals surface area contributed by atoms with Crippen molar-refractivity contribution in [3.8, 4) is 0 Å². The molecule has 0 N–H and O–H groups in total. The van der Waals surface area contributed by atoms with Crippen LogP contribution in [-0.2, 0) is 33.4 Å². The van der Waals surface area contributed by atoms with Crippen molar-refractivity contribution in [1.29, 1.82) is 0 Å². The molecule has 0 amide bonds. The molecule has 0 bridgehead atoms. The van der Waals surface area contributed by atoms with Crippen LogP contribution in [0.2, 0.25) is 0 Å². The largest absolute Gasteiger partial charge is 0.466 e. The first-order chi connectivity index (χ1) is 7.99. The Kier molecular flexibility index (Phi) is 7.61. The lowest BCUT2D eigenvalue weighted by Gasteiger charge is -2.01. The summed E-state index contributed by atoms with van der Waals surface area (Å²) >= 11 is 2.77. The maximum absolute atomic E-state index is 10.9. The Morgan fingerprint density at radius 2 is 1.65 bits per heavy atom. The summed E-state index contributed by atoms with van der Waals surface area (Å²) in [7, 11) is 1.14. The molecule has 0 saturated heterocycles. The summed E-state index contributed by atoms with van der Waals surface area (Å²) in [4.78, 5) is 43.0. The number of methoxy groups -OCH3 is 1. The van der Waals surface area contributed by atoms with Crippen molar-refractivity contribution < 1.29 is 33.4 Å². The number of carbonyl (C=O) groups is 4. The molecule has 0 atom stereocenters. The van der Waals surface area contributed by atoms with E-state index >= 15 is 0 Å². The Labute approximate surface area is 105 Å². The number of halogens is 1. The van der Waals surface area contributed by atoms with E-state index in [0.29, 0.717) is 0 Å². The monoisotopic (exact) mass is 308 g/mol. The molecule has 0 aromatic carbocycles. The number of rotatable bonds is 5. The first-order valence-electron chi connectivity index (χ1n) is 4.21. The Morgan fingerprint density at radius 3 is 2.18 bits per heavy atom. The molecule has 7 nitrogen and oxygen atoms in total. The van der Waals surface area contributed by atoms with E-state index in [0.717, 1.165) is 19.3 Å². The third-order valence-corrected chi connectivity index (χ3v) is 1.68. The van der Waals surface area contributed by atoms with Gasteiger partial charge in [-0.2, -0.15) is 0 Å². The molecule has 0 fully saturated rings. The average molecular weight is 309 g/mol. The van der Waals surface area contributed by atoms with Gasteiger partial charge in [-0.1, -0.05) is 15.9 Å². The molecule has 0 aromatic heterocycles. The van der Waals surface area contributed by atoms with Crippen LogP contribution < -0.4 is 0 Å². The number of hydrogen-bond acceptors (Lipinski definition) is 7. The van der Waals surface area contributed by atoms with Gasteiger partial charge in [-0.3, -0.25) is 4.79 Å². The van der Waals surface area contributed by atoms with Gasteiger partial charge in [0, 0.05) is 12.2 Å². The number of alkyl halides is 1. The van der Waals surface area contributed by atoms with Crippen molar-refractivity contribution in [3.05, 3.63) is 12.2 Å². The fraction of sp³-hybridized carbons (Fsp3) is 0.333. The Balaban J connectivity index is 3.92. The summed E-state index contributed by atoms with van der Waals surface area (Å²) in [5, 5.41) is -0.144. The Morgan fingerprint density at radius 1 is 1.06 bits per heavy atom. The van der Waals surface area contributed by atoms with Gasteiger partial charge in [0.15, 0.2) is 6.61 Å². The molecule has 0 aromatic rings. The van der Waals surface area contributed by atoms with Gasteiger partial charge in [0.05, 0.1) is 7.11 Å². The van der Waals surface area contributed by atoms with Crippen LogP contribution in [0.15, 0.2) is 12.2 Å². The smallest absolute Gasteiger partial charge is 0.351 e. The Bertz CT molecular complexity index is 347. The molecular formula is C9H9BrO7. The van der Waals surface area contributed by atoms with Crippen LogP contribution >= 0.6 is 15.9 Å². The highest BCUT2D eigenvalue weighted by atomic mass is 79.9. The van der Waals surface area contributed by atoms with Crippen molar-refractivity contribution in [2.24, 2.45) is 0 Å². The lowest BCUT2D eigenvalue weighted by molar-refractivity contribution is -0.164. The van der Waals surface area contributed by atoms with Gasteiger partial charge in [0.1, 0.15) is 5.33 Å². The zero-order valence-electron chi connectivity index (χ0n) is 8.80. The zero-order valence-corrected chi connectivity index (χ0v) is 10.4. The highest BCUT2D eigenvalue weighted by Gasteiger charge is 2.11. The van der Waals surface area contributed by atoms with E-state index in [4.69, 9.17) is 0 Å². The topological polar surface area (TPSA) is 96.0 Å².